The lowest BCUT2D eigenvalue weighted by Gasteiger charge is -2.19. The number of aliphatic carboxylic acids is 1. The van der Waals surface area contributed by atoms with Crippen LogP contribution >= 0.6 is 0 Å². The molecule has 33 heavy (non-hydrogen) atoms. The van der Waals surface area contributed by atoms with E-state index in [1.807, 2.05) is 18.2 Å². The van der Waals surface area contributed by atoms with Crippen molar-refractivity contribution in [1.29, 1.82) is 0 Å². The van der Waals surface area contributed by atoms with Crippen LogP contribution in [0.5, 0.6) is 5.75 Å². The van der Waals surface area contributed by atoms with Gasteiger partial charge in [0.05, 0.1) is 12.0 Å². The largest absolute Gasteiger partial charge is 0.548 e. The molecule has 1 atom stereocenters. The molecule has 0 aliphatic carbocycles. The first-order valence-corrected chi connectivity index (χ1v) is 10.2. The Morgan fingerprint density at radius 2 is 1.85 bits per heavy atom. The number of aryl methyl sites for hydroxylation is 1. The summed E-state index contributed by atoms with van der Waals surface area (Å²) < 4.78 is 15.6. The van der Waals surface area contributed by atoms with E-state index < -0.39 is 36.1 Å². The topological polar surface area (TPSA) is 135 Å². The second-order valence-corrected chi connectivity index (χ2v) is 7.32. The van der Waals surface area contributed by atoms with Gasteiger partial charge in [-0.15, -0.1) is 0 Å². The molecule has 0 bridgehead atoms. The van der Waals surface area contributed by atoms with Gasteiger partial charge in [0.25, 0.3) is 5.91 Å². The smallest absolute Gasteiger partial charge is 0.336 e. The number of hydrogen-bond acceptors (Lipinski definition) is 8. The maximum Gasteiger partial charge on any atom is 0.336 e. The third-order valence-electron chi connectivity index (χ3n) is 4.79. The maximum atomic E-state index is 12.1. The van der Waals surface area contributed by atoms with E-state index in [1.165, 1.54) is 12.1 Å². The van der Waals surface area contributed by atoms with Crippen LogP contribution in [0.2, 0.25) is 0 Å². The van der Waals surface area contributed by atoms with Crippen molar-refractivity contribution in [3.63, 3.8) is 0 Å². The Kier molecular flexibility index (Phi) is 7.80. The van der Waals surface area contributed by atoms with Gasteiger partial charge >= 0.3 is 11.6 Å². The summed E-state index contributed by atoms with van der Waals surface area (Å²) in [5.41, 5.74) is 1.34. The summed E-state index contributed by atoms with van der Waals surface area (Å²) in [6.45, 7) is 1.36. The summed E-state index contributed by atoms with van der Waals surface area (Å²) in [5, 5.41) is 14.3. The molecule has 9 heteroatoms. The Labute approximate surface area is 188 Å². The van der Waals surface area contributed by atoms with Crippen molar-refractivity contribution in [1.82, 2.24) is 5.32 Å². The van der Waals surface area contributed by atoms with Gasteiger partial charge in [-0.2, -0.15) is 0 Å². The van der Waals surface area contributed by atoms with Crippen molar-refractivity contribution in [2.75, 3.05) is 6.61 Å². The van der Waals surface area contributed by atoms with Gasteiger partial charge in [0, 0.05) is 23.9 Å². The van der Waals surface area contributed by atoms with Crippen LogP contribution in [0.1, 0.15) is 24.0 Å². The first-order chi connectivity index (χ1) is 15.8. The van der Waals surface area contributed by atoms with Crippen molar-refractivity contribution in [2.24, 2.45) is 0 Å². The number of ether oxygens (including phenoxy) is 2. The normalized spacial score (nSPS) is 11.5. The number of carboxylic acids is 1. The Hall–Kier alpha value is -4.14. The Morgan fingerprint density at radius 3 is 2.58 bits per heavy atom. The number of fused-ring (bicyclic) bond motifs is 1. The zero-order chi connectivity index (χ0) is 23.8. The Morgan fingerprint density at radius 1 is 1.09 bits per heavy atom. The number of hydrogen-bond donors (Lipinski definition) is 1. The molecule has 0 unspecified atom stereocenters. The van der Waals surface area contributed by atoms with Crippen molar-refractivity contribution in [3.8, 4) is 5.75 Å². The number of amides is 1. The average molecular weight is 452 g/mol. The molecule has 3 aromatic rings. The van der Waals surface area contributed by atoms with Crippen molar-refractivity contribution >= 4 is 28.8 Å². The molecule has 0 aliphatic heterocycles. The summed E-state index contributed by atoms with van der Waals surface area (Å²) in [6.07, 6.45) is -0.405. The third-order valence-corrected chi connectivity index (χ3v) is 4.79. The van der Waals surface area contributed by atoms with Gasteiger partial charge < -0.3 is 29.1 Å². The predicted octanol–water partition coefficient (Wildman–Crippen LogP) is 1.24. The highest BCUT2D eigenvalue weighted by atomic mass is 16.5. The second kappa shape index (κ2) is 10.9. The highest BCUT2D eigenvalue weighted by Gasteiger charge is 2.17. The molecule has 0 spiro atoms. The second-order valence-electron chi connectivity index (χ2n) is 7.32. The molecule has 0 fully saturated rings. The quantitative estimate of drug-likeness (QED) is 0.359. The predicted molar refractivity (Wildman–Crippen MR) is 115 cm³/mol. The van der Waals surface area contributed by atoms with Gasteiger partial charge in [0.2, 0.25) is 0 Å². The Bertz CT molecular complexity index is 1200. The maximum absolute atomic E-state index is 12.1. The van der Waals surface area contributed by atoms with Crippen LogP contribution in [0, 0.1) is 6.92 Å². The summed E-state index contributed by atoms with van der Waals surface area (Å²) in [7, 11) is 0. The summed E-state index contributed by atoms with van der Waals surface area (Å²) >= 11 is 0. The highest BCUT2D eigenvalue weighted by molar-refractivity contribution is 5.84. The molecule has 0 radical (unpaired) electrons. The molecular formula is C24H22NO8-. The fourth-order valence-electron chi connectivity index (χ4n) is 3.10. The number of carbonyl (C=O) groups excluding carboxylic acids is 3. The van der Waals surface area contributed by atoms with E-state index in [0.29, 0.717) is 5.58 Å². The van der Waals surface area contributed by atoms with Crippen molar-refractivity contribution in [2.45, 2.75) is 32.4 Å². The lowest BCUT2D eigenvalue weighted by molar-refractivity contribution is -0.308. The van der Waals surface area contributed by atoms with E-state index in [9.17, 15) is 24.3 Å². The molecule has 0 saturated carbocycles. The van der Waals surface area contributed by atoms with E-state index in [4.69, 9.17) is 13.9 Å². The lowest BCUT2D eigenvalue weighted by atomic mass is 10.1. The zero-order valence-electron chi connectivity index (χ0n) is 17.9. The minimum atomic E-state index is -1.53. The van der Waals surface area contributed by atoms with Crippen LogP contribution in [0.4, 0.5) is 0 Å². The minimum Gasteiger partial charge on any atom is -0.548 e. The van der Waals surface area contributed by atoms with Crippen LogP contribution in [-0.4, -0.2) is 30.5 Å². The van der Waals surface area contributed by atoms with Crippen LogP contribution in [-0.2, 0) is 25.7 Å². The number of rotatable bonds is 10. The average Bonchev–Trinajstić information content (AvgIpc) is 2.79. The molecule has 1 N–H and O–H groups in total. The van der Waals surface area contributed by atoms with Gasteiger partial charge in [-0.1, -0.05) is 30.3 Å². The first kappa shape index (κ1) is 23.5. The molecule has 9 nitrogen and oxygen atoms in total. The van der Waals surface area contributed by atoms with Gasteiger partial charge in [-0.3, -0.25) is 9.59 Å². The molecule has 1 aromatic heterocycles. The molecule has 3 rings (SSSR count). The van der Waals surface area contributed by atoms with Crippen molar-refractivity contribution < 1.29 is 33.4 Å². The van der Waals surface area contributed by atoms with E-state index in [0.717, 1.165) is 16.5 Å². The van der Waals surface area contributed by atoms with Crippen LogP contribution in [0.25, 0.3) is 11.0 Å². The molecule has 1 amide bonds. The van der Waals surface area contributed by atoms with E-state index >= 15 is 0 Å². The standard InChI is InChI=1S/C24H23NO8/c1-15-11-23(28)33-20-12-17(7-8-18(15)20)31-14-21(26)25-19(24(29)30)9-10-22(27)32-13-16-5-3-2-4-6-16/h2-8,11-12,19H,9-10,13-14H2,1H3,(H,25,26)(H,29,30)/p-1/t19-/m0/s1. The SMILES string of the molecule is Cc1cc(=O)oc2cc(OCC(=O)N[C@@H](CCC(=O)OCc3ccccc3)C(=O)[O-])ccc12. The molecule has 0 aliphatic rings. The molecule has 0 saturated heterocycles. The fraction of sp³-hybridized carbons (Fsp3) is 0.250. The number of carbonyl (C=O) groups is 3. The monoisotopic (exact) mass is 452 g/mol. The van der Waals surface area contributed by atoms with Gasteiger partial charge in [0.15, 0.2) is 6.61 Å². The number of nitrogens with one attached hydrogen (secondary N) is 1. The van der Waals surface area contributed by atoms with Gasteiger partial charge in [0.1, 0.15) is 17.9 Å². The molecular weight excluding hydrogens is 430 g/mol. The molecule has 172 valence electrons. The van der Waals surface area contributed by atoms with E-state index in [2.05, 4.69) is 5.32 Å². The van der Waals surface area contributed by atoms with Crippen molar-refractivity contribution in [3.05, 3.63) is 76.1 Å². The minimum absolute atomic E-state index is 0.0707. The third kappa shape index (κ3) is 6.93. The number of benzene rings is 2. The molecule has 2 aromatic carbocycles. The number of esters is 1. The van der Waals surface area contributed by atoms with Crippen LogP contribution < -0.4 is 20.8 Å². The van der Waals surface area contributed by atoms with E-state index in [-0.39, 0.29) is 25.2 Å². The van der Waals surface area contributed by atoms with Gasteiger partial charge in [-0.25, -0.2) is 4.79 Å². The highest BCUT2D eigenvalue weighted by Crippen LogP contribution is 2.22. The summed E-state index contributed by atoms with van der Waals surface area (Å²) in [5.74, 6) is -2.57. The number of carboxylic acid groups (broad SMARTS) is 1. The fourth-order valence-corrected chi connectivity index (χ4v) is 3.10. The zero-order valence-corrected chi connectivity index (χ0v) is 17.9. The molecule has 1 heterocycles. The summed E-state index contributed by atoms with van der Waals surface area (Å²) in [6, 6.07) is 13.8. The summed E-state index contributed by atoms with van der Waals surface area (Å²) in [4.78, 5) is 46.9. The van der Waals surface area contributed by atoms with Crippen LogP contribution in [0.15, 0.2) is 63.8 Å². The first-order valence-electron chi connectivity index (χ1n) is 10.2. The van der Waals surface area contributed by atoms with Gasteiger partial charge in [-0.05, 0) is 36.6 Å². The van der Waals surface area contributed by atoms with Crippen LogP contribution in [0.3, 0.4) is 0 Å². The lowest BCUT2D eigenvalue weighted by Crippen LogP contribution is -2.49. The van der Waals surface area contributed by atoms with E-state index in [1.54, 1.807) is 31.2 Å². The Balaban J connectivity index is 1.48.